The van der Waals surface area contributed by atoms with Gasteiger partial charge in [0.15, 0.2) is 0 Å². The summed E-state index contributed by atoms with van der Waals surface area (Å²) < 4.78 is 0. The van der Waals surface area contributed by atoms with Gasteiger partial charge in [-0.25, -0.2) is 0 Å². The highest BCUT2D eigenvalue weighted by molar-refractivity contribution is 6.06. The molecule has 0 saturated carbocycles. The Morgan fingerprint density at radius 1 is 1.25 bits per heavy atom. The number of carbonyl (C=O) groups is 1. The normalized spacial score (nSPS) is 11.9. The summed E-state index contributed by atoms with van der Waals surface area (Å²) in [6.07, 6.45) is 0. The van der Waals surface area contributed by atoms with Gasteiger partial charge in [-0.05, 0) is 37.6 Å². The lowest BCUT2D eigenvalue weighted by molar-refractivity contribution is 0.102. The summed E-state index contributed by atoms with van der Waals surface area (Å²) in [4.78, 5) is 12.3. The van der Waals surface area contributed by atoms with Crippen molar-refractivity contribution in [3.05, 3.63) is 59.2 Å². The van der Waals surface area contributed by atoms with Crippen LogP contribution in [-0.4, -0.2) is 11.0 Å². The second-order valence-electron chi connectivity index (χ2n) is 4.85. The van der Waals surface area contributed by atoms with Gasteiger partial charge in [-0.1, -0.05) is 29.8 Å². The number of para-hydroxylation sites is 1. The lowest BCUT2D eigenvalue weighted by atomic mass is 10.1. The van der Waals surface area contributed by atoms with E-state index in [2.05, 4.69) is 5.32 Å². The van der Waals surface area contributed by atoms with Crippen LogP contribution in [0.25, 0.3) is 0 Å². The van der Waals surface area contributed by atoms with Crippen LogP contribution >= 0.6 is 0 Å². The van der Waals surface area contributed by atoms with Gasteiger partial charge in [-0.3, -0.25) is 4.79 Å². The fourth-order valence-corrected chi connectivity index (χ4v) is 2.03. The van der Waals surface area contributed by atoms with Gasteiger partial charge in [0.1, 0.15) is 5.75 Å². The number of benzene rings is 2. The molecule has 20 heavy (non-hydrogen) atoms. The lowest BCUT2D eigenvalue weighted by Gasteiger charge is -2.14. The molecule has 2 aromatic rings. The third kappa shape index (κ3) is 2.97. The van der Waals surface area contributed by atoms with Gasteiger partial charge in [0.05, 0.1) is 5.56 Å². The van der Waals surface area contributed by atoms with E-state index in [4.69, 9.17) is 5.73 Å². The summed E-state index contributed by atoms with van der Waals surface area (Å²) in [6, 6.07) is 12.1. The Balaban J connectivity index is 2.31. The van der Waals surface area contributed by atoms with Crippen molar-refractivity contribution in [3.8, 4) is 5.75 Å². The summed E-state index contributed by atoms with van der Waals surface area (Å²) in [6.45, 7) is 3.72. The van der Waals surface area contributed by atoms with Crippen molar-refractivity contribution < 1.29 is 9.90 Å². The number of phenols is 1. The molecule has 4 nitrogen and oxygen atoms in total. The number of carbonyl (C=O) groups excluding carboxylic acids is 1. The molecule has 2 aromatic carbocycles. The number of aromatic hydroxyl groups is 1. The van der Waals surface area contributed by atoms with Crippen molar-refractivity contribution in [1.29, 1.82) is 0 Å². The fraction of sp³-hybridized carbons (Fsp3) is 0.188. The SMILES string of the molecule is Cc1ccc(O)c(C(=O)Nc2ccccc2C(C)N)c1. The molecule has 0 aliphatic rings. The Morgan fingerprint density at radius 2 is 1.95 bits per heavy atom. The molecule has 0 heterocycles. The largest absolute Gasteiger partial charge is 0.507 e. The van der Waals surface area contributed by atoms with Gasteiger partial charge >= 0.3 is 0 Å². The Kier molecular flexibility index (Phi) is 4.05. The maximum absolute atomic E-state index is 12.3. The highest BCUT2D eigenvalue weighted by Gasteiger charge is 2.14. The third-order valence-electron chi connectivity index (χ3n) is 3.10. The van der Waals surface area contributed by atoms with Gasteiger partial charge in [0.25, 0.3) is 5.91 Å². The Morgan fingerprint density at radius 3 is 2.65 bits per heavy atom. The van der Waals surface area contributed by atoms with Crippen molar-refractivity contribution in [2.75, 3.05) is 5.32 Å². The first-order chi connectivity index (χ1) is 9.49. The zero-order chi connectivity index (χ0) is 14.7. The van der Waals surface area contributed by atoms with Gasteiger partial charge in [-0.2, -0.15) is 0 Å². The van der Waals surface area contributed by atoms with Crippen LogP contribution < -0.4 is 11.1 Å². The first kappa shape index (κ1) is 14.1. The lowest BCUT2D eigenvalue weighted by Crippen LogP contribution is -2.16. The minimum atomic E-state index is -0.348. The fourth-order valence-electron chi connectivity index (χ4n) is 2.03. The van der Waals surface area contributed by atoms with Crippen molar-refractivity contribution in [2.45, 2.75) is 19.9 Å². The van der Waals surface area contributed by atoms with Crippen molar-refractivity contribution in [2.24, 2.45) is 5.73 Å². The van der Waals surface area contributed by atoms with Gasteiger partial charge < -0.3 is 16.2 Å². The van der Waals surface area contributed by atoms with Gasteiger partial charge in [-0.15, -0.1) is 0 Å². The van der Waals surface area contributed by atoms with Crippen LogP contribution in [0.4, 0.5) is 5.69 Å². The highest BCUT2D eigenvalue weighted by atomic mass is 16.3. The summed E-state index contributed by atoms with van der Waals surface area (Å²) >= 11 is 0. The Labute approximate surface area is 118 Å². The molecule has 2 rings (SSSR count). The van der Waals surface area contributed by atoms with Crippen LogP contribution in [0.1, 0.15) is 34.5 Å². The van der Waals surface area contributed by atoms with Crippen LogP contribution in [0.2, 0.25) is 0 Å². The molecule has 0 saturated heterocycles. The molecule has 0 aliphatic carbocycles. The minimum Gasteiger partial charge on any atom is -0.507 e. The standard InChI is InChI=1S/C16H18N2O2/c1-10-7-8-15(19)13(9-10)16(20)18-14-6-4-3-5-12(14)11(2)17/h3-9,11,19H,17H2,1-2H3,(H,18,20). The van der Waals surface area contributed by atoms with Crippen LogP contribution in [0.15, 0.2) is 42.5 Å². The van der Waals surface area contributed by atoms with E-state index < -0.39 is 0 Å². The van der Waals surface area contributed by atoms with Crippen molar-refractivity contribution >= 4 is 11.6 Å². The Hall–Kier alpha value is -2.33. The monoisotopic (exact) mass is 270 g/mol. The van der Waals surface area contributed by atoms with Gasteiger partial charge in [0.2, 0.25) is 0 Å². The van der Waals surface area contributed by atoms with Gasteiger partial charge in [0, 0.05) is 11.7 Å². The van der Waals surface area contributed by atoms with E-state index in [-0.39, 0.29) is 23.3 Å². The first-order valence-corrected chi connectivity index (χ1v) is 6.44. The third-order valence-corrected chi connectivity index (χ3v) is 3.10. The number of nitrogens with one attached hydrogen (secondary N) is 1. The van der Waals surface area contributed by atoms with E-state index in [1.54, 1.807) is 18.2 Å². The molecule has 1 atom stereocenters. The summed E-state index contributed by atoms with van der Waals surface area (Å²) in [5, 5.41) is 12.6. The molecule has 1 unspecified atom stereocenters. The van der Waals surface area contributed by atoms with E-state index in [1.807, 2.05) is 32.0 Å². The molecular formula is C16H18N2O2. The molecule has 0 fully saturated rings. The predicted molar refractivity (Wildman–Crippen MR) is 79.8 cm³/mol. The zero-order valence-corrected chi connectivity index (χ0v) is 11.6. The average molecular weight is 270 g/mol. The number of hydrogen-bond acceptors (Lipinski definition) is 3. The van der Waals surface area contributed by atoms with E-state index in [1.165, 1.54) is 6.07 Å². The summed E-state index contributed by atoms with van der Waals surface area (Å²) in [5.74, 6) is -0.384. The quantitative estimate of drug-likeness (QED) is 0.802. The van der Waals surface area contributed by atoms with E-state index in [0.29, 0.717) is 5.69 Å². The zero-order valence-electron chi connectivity index (χ0n) is 11.6. The summed E-state index contributed by atoms with van der Waals surface area (Å²) in [7, 11) is 0. The van der Waals surface area contributed by atoms with Crippen molar-refractivity contribution in [1.82, 2.24) is 0 Å². The maximum Gasteiger partial charge on any atom is 0.259 e. The molecular weight excluding hydrogens is 252 g/mol. The second kappa shape index (κ2) is 5.75. The molecule has 104 valence electrons. The van der Waals surface area contributed by atoms with Crippen LogP contribution in [0.3, 0.4) is 0 Å². The number of aryl methyl sites for hydroxylation is 1. The van der Waals surface area contributed by atoms with E-state index in [0.717, 1.165) is 11.1 Å². The van der Waals surface area contributed by atoms with E-state index >= 15 is 0 Å². The number of hydrogen-bond donors (Lipinski definition) is 3. The maximum atomic E-state index is 12.3. The van der Waals surface area contributed by atoms with Crippen LogP contribution in [0, 0.1) is 6.92 Å². The molecule has 1 amide bonds. The number of rotatable bonds is 3. The molecule has 0 aromatic heterocycles. The molecule has 0 spiro atoms. The smallest absolute Gasteiger partial charge is 0.259 e. The minimum absolute atomic E-state index is 0.0358. The topological polar surface area (TPSA) is 75.3 Å². The number of phenolic OH excluding ortho intramolecular Hbond substituents is 1. The highest BCUT2D eigenvalue weighted by Crippen LogP contribution is 2.24. The van der Waals surface area contributed by atoms with Crippen LogP contribution in [0.5, 0.6) is 5.75 Å². The average Bonchev–Trinajstić information content (AvgIpc) is 2.41. The predicted octanol–water partition coefficient (Wildman–Crippen LogP) is 2.97. The van der Waals surface area contributed by atoms with Crippen LogP contribution in [-0.2, 0) is 0 Å². The molecule has 0 radical (unpaired) electrons. The molecule has 4 heteroatoms. The summed E-state index contributed by atoms with van der Waals surface area (Å²) in [5.41, 5.74) is 8.56. The number of nitrogens with two attached hydrogens (primary N) is 1. The first-order valence-electron chi connectivity index (χ1n) is 6.44. The molecule has 4 N–H and O–H groups in total. The molecule has 0 aliphatic heterocycles. The Bertz CT molecular complexity index is 636. The number of anilines is 1. The van der Waals surface area contributed by atoms with Crippen molar-refractivity contribution in [3.63, 3.8) is 0 Å². The molecule has 0 bridgehead atoms. The second-order valence-corrected chi connectivity index (χ2v) is 4.85. The number of amides is 1. The van der Waals surface area contributed by atoms with E-state index in [9.17, 15) is 9.90 Å².